The van der Waals surface area contributed by atoms with Crippen LogP contribution in [0.1, 0.15) is 27.2 Å². The summed E-state index contributed by atoms with van der Waals surface area (Å²) in [6.07, 6.45) is 5.07. The van der Waals surface area contributed by atoms with Crippen LogP contribution in [-0.4, -0.2) is 15.6 Å². The van der Waals surface area contributed by atoms with E-state index in [1.165, 1.54) is 0 Å². The molecular weight excluding hydrogens is 224 g/mol. The van der Waals surface area contributed by atoms with Gasteiger partial charge in [-0.3, -0.25) is 9.48 Å². The molecule has 1 aromatic heterocycles. The summed E-state index contributed by atoms with van der Waals surface area (Å²) in [7, 11) is 1.83. The van der Waals surface area contributed by atoms with Crippen LogP contribution in [0.15, 0.2) is 36.5 Å². The quantitative estimate of drug-likeness (QED) is 0.610. The highest BCUT2D eigenvalue weighted by atomic mass is 16.1. The highest BCUT2D eigenvalue weighted by Crippen LogP contribution is 2.11. The summed E-state index contributed by atoms with van der Waals surface area (Å²) in [5.41, 5.74) is 3.76. The minimum Gasteiger partial charge on any atom is -0.289 e. The Labute approximate surface area is 107 Å². The van der Waals surface area contributed by atoms with E-state index in [-0.39, 0.29) is 5.78 Å². The topological polar surface area (TPSA) is 34.9 Å². The Morgan fingerprint density at radius 3 is 2.61 bits per heavy atom. The predicted octanol–water partition coefficient (Wildman–Crippen LogP) is 2.93. The van der Waals surface area contributed by atoms with E-state index in [0.717, 1.165) is 16.8 Å². The average molecular weight is 240 g/mol. The molecule has 0 saturated heterocycles. The fraction of sp³-hybridized carbons (Fsp3) is 0.200. The largest absolute Gasteiger partial charge is 0.289 e. The van der Waals surface area contributed by atoms with Crippen LogP contribution in [0.25, 0.3) is 6.08 Å². The molecule has 18 heavy (non-hydrogen) atoms. The van der Waals surface area contributed by atoms with Gasteiger partial charge in [0.25, 0.3) is 0 Å². The maximum atomic E-state index is 12.0. The smallest absolute Gasteiger partial charge is 0.189 e. The minimum absolute atomic E-state index is 0.0103. The number of rotatable bonds is 3. The summed E-state index contributed by atoms with van der Waals surface area (Å²) in [5, 5.41) is 4.07. The molecule has 0 N–H and O–H groups in total. The van der Waals surface area contributed by atoms with Crippen LogP contribution in [0.3, 0.4) is 0 Å². The van der Waals surface area contributed by atoms with Crippen molar-refractivity contribution >= 4 is 11.9 Å². The summed E-state index contributed by atoms with van der Waals surface area (Å²) in [6, 6.07) is 7.97. The second kappa shape index (κ2) is 5.00. The molecule has 0 aliphatic carbocycles. The number of aryl methyl sites for hydroxylation is 2. The first-order valence-electron chi connectivity index (χ1n) is 5.86. The molecule has 2 rings (SSSR count). The van der Waals surface area contributed by atoms with E-state index in [9.17, 15) is 4.79 Å². The fourth-order valence-electron chi connectivity index (χ4n) is 1.77. The van der Waals surface area contributed by atoms with Crippen molar-refractivity contribution in [1.82, 2.24) is 9.78 Å². The van der Waals surface area contributed by atoms with Crippen molar-refractivity contribution < 1.29 is 4.79 Å². The number of carbonyl (C=O) groups is 1. The van der Waals surface area contributed by atoms with E-state index in [2.05, 4.69) is 5.10 Å². The van der Waals surface area contributed by atoms with E-state index >= 15 is 0 Å². The van der Waals surface area contributed by atoms with Gasteiger partial charge in [0.05, 0.1) is 11.8 Å². The van der Waals surface area contributed by atoms with Gasteiger partial charge >= 0.3 is 0 Å². The van der Waals surface area contributed by atoms with E-state index in [1.807, 2.05) is 51.2 Å². The highest BCUT2D eigenvalue weighted by Gasteiger charge is 2.09. The maximum Gasteiger partial charge on any atom is 0.189 e. The lowest BCUT2D eigenvalue weighted by Gasteiger charge is -1.98. The van der Waals surface area contributed by atoms with Gasteiger partial charge in [-0.15, -0.1) is 0 Å². The van der Waals surface area contributed by atoms with Gasteiger partial charge in [0.15, 0.2) is 5.78 Å². The Kier molecular flexibility index (Phi) is 3.42. The third-order valence-electron chi connectivity index (χ3n) is 3.10. The zero-order valence-electron chi connectivity index (χ0n) is 10.8. The number of ketones is 1. The van der Waals surface area contributed by atoms with Gasteiger partial charge in [0.2, 0.25) is 0 Å². The molecule has 0 amide bonds. The molecule has 0 radical (unpaired) electrons. The lowest BCUT2D eigenvalue weighted by molar-refractivity contribution is 0.104. The standard InChI is InChI=1S/C15H16N2O/c1-11-6-4-5-7-13(11)8-9-15(18)14-10-16-17(3)12(14)2/h4-10H,1-3H3/b9-8+. The fourth-order valence-corrected chi connectivity index (χ4v) is 1.77. The molecule has 3 heteroatoms. The van der Waals surface area contributed by atoms with Crippen LogP contribution in [0.2, 0.25) is 0 Å². The SMILES string of the molecule is Cc1ccccc1/C=C/C(=O)c1cnn(C)c1C. The van der Waals surface area contributed by atoms with Gasteiger partial charge in [0.1, 0.15) is 0 Å². The Balaban J connectivity index is 2.22. The Morgan fingerprint density at radius 1 is 1.28 bits per heavy atom. The molecule has 3 nitrogen and oxygen atoms in total. The van der Waals surface area contributed by atoms with Crippen molar-refractivity contribution in [1.29, 1.82) is 0 Å². The molecule has 0 aliphatic heterocycles. The summed E-state index contributed by atoms with van der Waals surface area (Å²) < 4.78 is 1.70. The van der Waals surface area contributed by atoms with E-state index in [0.29, 0.717) is 5.56 Å². The van der Waals surface area contributed by atoms with Crippen molar-refractivity contribution in [2.24, 2.45) is 7.05 Å². The number of nitrogens with zero attached hydrogens (tertiary/aromatic N) is 2. The molecule has 0 fully saturated rings. The Bertz CT molecular complexity index is 609. The average Bonchev–Trinajstić information content (AvgIpc) is 2.69. The number of hydrogen-bond donors (Lipinski definition) is 0. The van der Waals surface area contributed by atoms with Gasteiger partial charge in [-0.25, -0.2) is 0 Å². The van der Waals surface area contributed by atoms with Gasteiger partial charge < -0.3 is 0 Å². The number of benzene rings is 1. The Morgan fingerprint density at radius 2 is 2.00 bits per heavy atom. The molecule has 2 aromatic rings. The first-order valence-corrected chi connectivity index (χ1v) is 5.86. The first kappa shape index (κ1) is 12.3. The van der Waals surface area contributed by atoms with Gasteiger partial charge in [-0.1, -0.05) is 30.3 Å². The zero-order chi connectivity index (χ0) is 13.1. The third kappa shape index (κ3) is 2.40. The van der Waals surface area contributed by atoms with Crippen molar-refractivity contribution in [3.63, 3.8) is 0 Å². The lowest BCUT2D eigenvalue weighted by Crippen LogP contribution is -1.98. The van der Waals surface area contributed by atoms with Crippen LogP contribution in [0.4, 0.5) is 0 Å². The van der Waals surface area contributed by atoms with Gasteiger partial charge in [0, 0.05) is 12.7 Å². The number of hydrogen-bond acceptors (Lipinski definition) is 2. The molecule has 1 aromatic carbocycles. The highest BCUT2D eigenvalue weighted by molar-refractivity contribution is 6.07. The molecule has 0 atom stereocenters. The second-order valence-electron chi connectivity index (χ2n) is 4.32. The zero-order valence-corrected chi connectivity index (χ0v) is 10.8. The van der Waals surface area contributed by atoms with Crippen LogP contribution in [-0.2, 0) is 7.05 Å². The van der Waals surface area contributed by atoms with Crippen molar-refractivity contribution in [3.05, 3.63) is 58.9 Å². The second-order valence-corrected chi connectivity index (χ2v) is 4.32. The predicted molar refractivity (Wildman–Crippen MR) is 72.5 cm³/mol. The van der Waals surface area contributed by atoms with Crippen LogP contribution < -0.4 is 0 Å². The maximum absolute atomic E-state index is 12.0. The number of carbonyl (C=O) groups excluding carboxylic acids is 1. The van der Waals surface area contributed by atoms with E-state index in [1.54, 1.807) is 17.0 Å². The van der Waals surface area contributed by atoms with Gasteiger partial charge in [-0.2, -0.15) is 5.10 Å². The molecule has 92 valence electrons. The van der Waals surface area contributed by atoms with Crippen molar-refractivity contribution in [2.45, 2.75) is 13.8 Å². The third-order valence-corrected chi connectivity index (χ3v) is 3.10. The number of allylic oxidation sites excluding steroid dienone is 1. The van der Waals surface area contributed by atoms with Crippen LogP contribution in [0, 0.1) is 13.8 Å². The van der Waals surface area contributed by atoms with Crippen LogP contribution >= 0.6 is 0 Å². The molecule has 1 heterocycles. The summed E-state index contributed by atoms with van der Waals surface area (Å²) >= 11 is 0. The van der Waals surface area contributed by atoms with Crippen LogP contribution in [0.5, 0.6) is 0 Å². The normalized spacial score (nSPS) is 11.1. The lowest BCUT2D eigenvalue weighted by atomic mass is 10.1. The summed E-state index contributed by atoms with van der Waals surface area (Å²) in [4.78, 5) is 12.0. The molecule has 0 spiro atoms. The first-order chi connectivity index (χ1) is 8.59. The molecule has 0 unspecified atom stereocenters. The summed E-state index contributed by atoms with van der Waals surface area (Å²) in [6.45, 7) is 3.92. The minimum atomic E-state index is -0.0103. The molecule has 0 aliphatic rings. The molecule has 0 saturated carbocycles. The van der Waals surface area contributed by atoms with Gasteiger partial charge in [-0.05, 0) is 31.1 Å². The molecule has 0 bridgehead atoms. The molecular formula is C15H16N2O. The van der Waals surface area contributed by atoms with Crippen molar-refractivity contribution in [2.75, 3.05) is 0 Å². The number of aromatic nitrogens is 2. The summed E-state index contributed by atoms with van der Waals surface area (Å²) in [5.74, 6) is -0.0103. The Hall–Kier alpha value is -2.16. The van der Waals surface area contributed by atoms with Crippen molar-refractivity contribution in [3.8, 4) is 0 Å². The van der Waals surface area contributed by atoms with E-state index < -0.39 is 0 Å². The van der Waals surface area contributed by atoms with E-state index in [4.69, 9.17) is 0 Å². The monoisotopic (exact) mass is 240 g/mol.